The van der Waals surface area contributed by atoms with Gasteiger partial charge in [-0.15, -0.1) is 0 Å². The van der Waals surface area contributed by atoms with E-state index >= 15 is 0 Å². The Morgan fingerprint density at radius 1 is 1.50 bits per heavy atom. The second-order valence-electron chi connectivity index (χ2n) is 3.48. The largest absolute Gasteiger partial charge is 0.371 e. The van der Waals surface area contributed by atoms with Crippen molar-refractivity contribution in [3.8, 4) is 0 Å². The quantitative estimate of drug-likeness (QED) is 0.689. The van der Waals surface area contributed by atoms with Gasteiger partial charge in [0.25, 0.3) is 0 Å². The molecule has 0 radical (unpaired) electrons. The Bertz CT molecular complexity index is 293. The standard InChI is InChI=1S/C11H13FO2/c1-8(13-6-11-7-14-11)9-2-4-10(12)5-3-9/h2-5,8,11H,6-7H2,1H3. The van der Waals surface area contributed by atoms with Crippen LogP contribution < -0.4 is 0 Å². The first-order valence-electron chi connectivity index (χ1n) is 4.74. The van der Waals surface area contributed by atoms with Crippen LogP contribution in [0.1, 0.15) is 18.6 Å². The molecule has 2 nitrogen and oxygen atoms in total. The van der Waals surface area contributed by atoms with Gasteiger partial charge in [-0.05, 0) is 24.6 Å². The number of benzene rings is 1. The average Bonchev–Trinajstić information content (AvgIpc) is 2.99. The molecule has 1 aliphatic heterocycles. The fourth-order valence-electron chi connectivity index (χ4n) is 1.25. The van der Waals surface area contributed by atoms with Gasteiger partial charge < -0.3 is 9.47 Å². The monoisotopic (exact) mass is 196 g/mol. The Morgan fingerprint density at radius 2 is 2.14 bits per heavy atom. The summed E-state index contributed by atoms with van der Waals surface area (Å²) in [6, 6.07) is 6.38. The highest BCUT2D eigenvalue weighted by Gasteiger charge is 2.23. The minimum Gasteiger partial charge on any atom is -0.371 e. The fourth-order valence-corrected chi connectivity index (χ4v) is 1.25. The van der Waals surface area contributed by atoms with Gasteiger partial charge in [-0.1, -0.05) is 12.1 Å². The third-order valence-electron chi connectivity index (χ3n) is 2.27. The molecule has 14 heavy (non-hydrogen) atoms. The van der Waals surface area contributed by atoms with Crippen LogP contribution >= 0.6 is 0 Å². The van der Waals surface area contributed by atoms with Gasteiger partial charge in [0.2, 0.25) is 0 Å². The van der Waals surface area contributed by atoms with Crippen LogP contribution in [0.2, 0.25) is 0 Å². The summed E-state index contributed by atoms with van der Waals surface area (Å²) < 4.78 is 23.2. The summed E-state index contributed by atoms with van der Waals surface area (Å²) >= 11 is 0. The molecule has 2 rings (SSSR count). The number of hydrogen-bond acceptors (Lipinski definition) is 2. The smallest absolute Gasteiger partial charge is 0.123 e. The molecule has 0 saturated carbocycles. The van der Waals surface area contributed by atoms with Crippen molar-refractivity contribution >= 4 is 0 Å². The van der Waals surface area contributed by atoms with Crippen molar-refractivity contribution in [3.05, 3.63) is 35.6 Å². The predicted molar refractivity (Wildman–Crippen MR) is 50.5 cm³/mol. The third-order valence-corrected chi connectivity index (χ3v) is 2.27. The zero-order valence-corrected chi connectivity index (χ0v) is 8.07. The molecular weight excluding hydrogens is 183 g/mol. The third kappa shape index (κ3) is 2.53. The van der Waals surface area contributed by atoms with Crippen LogP contribution in [0, 0.1) is 5.82 Å². The van der Waals surface area contributed by atoms with Crippen molar-refractivity contribution in [1.82, 2.24) is 0 Å². The Kier molecular flexibility index (Phi) is 2.79. The van der Waals surface area contributed by atoms with Crippen LogP contribution in [0.15, 0.2) is 24.3 Å². The average molecular weight is 196 g/mol. The maximum absolute atomic E-state index is 12.6. The molecule has 2 unspecified atom stereocenters. The van der Waals surface area contributed by atoms with Crippen molar-refractivity contribution in [3.63, 3.8) is 0 Å². The van der Waals surface area contributed by atoms with Gasteiger partial charge in [0.1, 0.15) is 11.9 Å². The molecule has 3 heteroatoms. The molecule has 1 aromatic rings. The molecule has 0 amide bonds. The van der Waals surface area contributed by atoms with Crippen molar-refractivity contribution in [2.45, 2.75) is 19.1 Å². The highest BCUT2D eigenvalue weighted by molar-refractivity contribution is 5.18. The van der Waals surface area contributed by atoms with Crippen LogP contribution in [0.25, 0.3) is 0 Å². The van der Waals surface area contributed by atoms with E-state index in [4.69, 9.17) is 9.47 Å². The van der Waals surface area contributed by atoms with Gasteiger partial charge >= 0.3 is 0 Å². The molecule has 76 valence electrons. The van der Waals surface area contributed by atoms with Crippen molar-refractivity contribution in [2.24, 2.45) is 0 Å². The molecule has 0 bridgehead atoms. The number of epoxide rings is 1. The zero-order chi connectivity index (χ0) is 9.97. The minimum atomic E-state index is -0.216. The number of rotatable bonds is 4. The van der Waals surface area contributed by atoms with E-state index in [-0.39, 0.29) is 18.0 Å². The minimum absolute atomic E-state index is 0.000185. The molecule has 0 N–H and O–H groups in total. The Morgan fingerprint density at radius 3 is 2.71 bits per heavy atom. The Balaban J connectivity index is 1.88. The summed E-state index contributed by atoms with van der Waals surface area (Å²) in [5, 5.41) is 0. The summed E-state index contributed by atoms with van der Waals surface area (Å²) in [4.78, 5) is 0. The van der Waals surface area contributed by atoms with E-state index in [1.165, 1.54) is 12.1 Å². The lowest BCUT2D eigenvalue weighted by molar-refractivity contribution is 0.0539. The second-order valence-corrected chi connectivity index (χ2v) is 3.48. The molecule has 1 saturated heterocycles. The van der Waals surface area contributed by atoms with Crippen LogP contribution in [0.3, 0.4) is 0 Å². The predicted octanol–water partition coefficient (Wildman–Crippen LogP) is 2.30. The molecule has 1 aliphatic rings. The van der Waals surface area contributed by atoms with Crippen molar-refractivity contribution in [2.75, 3.05) is 13.2 Å². The van der Waals surface area contributed by atoms with Crippen LogP contribution in [0.5, 0.6) is 0 Å². The Hall–Kier alpha value is -0.930. The normalized spacial score (nSPS) is 22.0. The van der Waals surface area contributed by atoms with Crippen molar-refractivity contribution in [1.29, 1.82) is 0 Å². The first-order valence-corrected chi connectivity index (χ1v) is 4.74. The van der Waals surface area contributed by atoms with Crippen LogP contribution in [0.4, 0.5) is 4.39 Å². The molecule has 1 aromatic carbocycles. The summed E-state index contributed by atoms with van der Waals surface area (Å²) in [6.45, 7) is 3.38. The molecular formula is C11H13FO2. The van der Waals surface area contributed by atoms with E-state index < -0.39 is 0 Å². The van der Waals surface area contributed by atoms with E-state index in [2.05, 4.69) is 0 Å². The van der Waals surface area contributed by atoms with Crippen molar-refractivity contribution < 1.29 is 13.9 Å². The first-order chi connectivity index (χ1) is 6.75. The lowest BCUT2D eigenvalue weighted by atomic mass is 10.1. The number of hydrogen-bond donors (Lipinski definition) is 0. The van der Waals surface area contributed by atoms with Gasteiger partial charge in [0.15, 0.2) is 0 Å². The topological polar surface area (TPSA) is 21.8 Å². The molecule has 2 atom stereocenters. The zero-order valence-electron chi connectivity index (χ0n) is 8.07. The van der Waals surface area contributed by atoms with Gasteiger partial charge in [-0.2, -0.15) is 0 Å². The van der Waals surface area contributed by atoms with Crippen LogP contribution in [-0.4, -0.2) is 19.3 Å². The molecule has 0 spiro atoms. The molecule has 0 aliphatic carbocycles. The SMILES string of the molecule is CC(OCC1CO1)c1ccc(F)cc1. The summed E-state index contributed by atoms with van der Waals surface area (Å²) in [6.07, 6.45) is 0.276. The summed E-state index contributed by atoms with van der Waals surface area (Å²) in [7, 11) is 0. The highest BCUT2D eigenvalue weighted by atomic mass is 19.1. The summed E-state index contributed by atoms with van der Waals surface area (Å²) in [5.74, 6) is -0.216. The van der Waals surface area contributed by atoms with E-state index in [9.17, 15) is 4.39 Å². The highest BCUT2D eigenvalue weighted by Crippen LogP contribution is 2.19. The second kappa shape index (κ2) is 4.07. The van der Waals surface area contributed by atoms with Gasteiger partial charge in [0.05, 0.1) is 19.3 Å². The number of halogens is 1. The molecule has 0 aromatic heterocycles. The van der Waals surface area contributed by atoms with E-state index in [1.54, 1.807) is 12.1 Å². The van der Waals surface area contributed by atoms with Crippen LogP contribution in [-0.2, 0) is 9.47 Å². The maximum Gasteiger partial charge on any atom is 0.123 e. The molecule has 1 fully saturated rings. The summed E-state index contributed by atoms with van der Waals surface area (Å²) in [5.41, 5.74) is 0.993. The lowest BCUT2D eigenvalue weighted by Gasteiger charge is -2.12. The van der Waals surface area contributed by atoms with E-state index in [1.807, 2.05) is 6.92 Å². The van der Waals surface area contributed by atoms with Gasteiger partial charge in [-0.3, -0.25) is 0 Å². The molecule has 1 heterocycles. The van der Waals surface area contributed by atoms with Gasteiger partial charge in [-0.25, -0.2) is 4.39 Å². The van der Waals surface area contributed by atoms with E-state index in [0.717, 1.165) is 12.2 Å². The Labute approximate surface area is 82.6 Å². The van der Waals surface area contributed by atoms with E-state index in [0.29, 0.717) is 6.61 Å². The lowest BCUT2D eigenvalue weighted by Crippen LogP contribution is -2.05. The fraction of sp³-hybridized carbons (Fsp3) is 0.455. The first kappa shape index (κ1) is 9.62. The van der Waals surface area contributed by atoms with Gasteiger partial charge in [0, 0.05) is 0 Å². The number of ether oxygens (including phenoxy) is 2. The maximum atomic E-state index is 12.6.